The van der Waals surface area contributed by atoms with Gasteiger partial charge in [0.25, 0.3) is 5.91 Å². The third-order valence-corrected chi connectivity index (χ3v) is 4.13. The second kappa shape index (κ2) is 5.19. The molecule has 1 aromatic heterocycles. The van der Waals surface area contributed by atoms with E-state index in [0.717, 1.165) is 16.8 Å². The van der Waals surface area contributed by atoms with Gasteiger partial charge in [0.2, 0.25) is 0 Å². The third-order valence-electron chi connectivity index (χ3n) is 4.13. The Morgan fingerprint density at radius 3 is 2.27 bits per heavy atom. The first-order valence-electron chi connectivity index (χ1n) is 7.41. The molecule has 3 aromatic rings. The number of rotatable bonds is 3. The van der Waals surface area contributed by atoms with E-state index in [2.05, 4.69) is 12.1 Å². The molecule has 2 aromatic carbocycles. The molecule has 22 heavy (non-hydrogen) atoms. The summed E-state index contributed by atoms with van der Waals surface area (Å²) in [5.74, 6) is 0.126. The van der Waals surface area contributed by atoms with Crippen LogP contribution in [0, 0.1) is 0 Å². The predicted molar refractivity (Wildman–Crippen MR) is 86.6 cm³/mol. The Morgan fingerprint density at radius 1 is 0.818 bits per heavy atom. The van der Waals surface area contributed by atoms with Crippen LogP contribution >= 0.6 is 0 Å². The number of anilines is 1. The van der Waals surface area contributed by atoms with Crippen molar-refractivity contribution in [2.24, 2.45) is 0 Å². The molecule has 0 saturated heterocycles. The zero-order valence-corrected chi connectivity index (χ0v) is 12.1. The van der Waals surface area contributed by atoms with Crippen molar-refractivity contribution in [2.75, 3.05) is 4.90 Å². The summed E-state index contributed by atoms with van der Waals surface area (Å²) < 4.78 is 1.98. The Morgan fingerprint density at radius 2 is 1.50 bits per heavy atom. The minimum absolute atomic E-state index is 0.126. The number of benzene rings is 2. The summed E-state index contributed by atoms with van der Waals surface area (Å²) in [7, 11) is 0. The van der Waals surface area contributed by atoms with Gasteiger partial charge in [-0.05, 0) is 23.8 Å². The number of nitrogens with zero attached hydrogens (tertiary/aromatic N) is 2. The van der Waals surface area contributed by atoms with Gasteiger partial charge in [-0.25, -0.2) is 0 Å². The summed E-state index contributed by atoms with van der Waals surface area (Å²) in [4.78, 5) is 14.9. The summed E-state index contributed by atoms with van der Waals surface area (Å²) in [5.41, 5.74) is 3.22. The number of hydrogen-bond donors (Lipinski definition) is 0. The molecule has 3 heteroatoms. The Hall–Kier alpha value is -2.81. The van der Waals surface area contributed by atoms with Crippen molar-refractivity contribution < 1.29 is 4.79 Å². The second-order valence-corrected chi connectivity index (χ2v) is 5.50. The van der Waals surface area contributed by atoms with Crippen molar-refractivity contribution >= 4 is 11.6 Å². The van der Waals surface area contributed by atoms with Crippen LogP contribution in [-0.2, 0) is 11.3 Å². The van der Waals surface area contributed by atoms with Crippen LogP contribution in [0.2, 0.25) is 0 Å². The SMILES string of the molecule is O=C1C(n2cccc2)c2ccccc2N1Cc1ccccc1. The molecular formula is C19H16N2O. The highest BCUT2D eigenvalue weighted by Gasteiger charge is 2.37. The van der Waals surface area contributed by atoms with Crippen molar-refractivity contribution in [2.45, 2.75) is 12.6 Å². The van der Waals surface area contributed by atoms with Crippen molar-refractivity contribution in [1.82, 2.24) is 4.57 Å². The van der Waals surface area contributed by atoms with Crippen LogP contribution < -0.4 is 4.90 Å². The lowest BCUT2D eigenvalue weighted by Gasteiger charge is -2.18. The van der Waals surface area contributed by atoms with Gasteiger partial charge in [0.1, 0.15) is 6.04 Å². The maximum absolute atomic E-state index is 13.0. The first kappa shape index (κ1) is 12.9. The molecule has 1 atom stereocenters. The van der Waals surface area contributed by atoms with E-state index in [1.807, 2.05) is 76.5 Å². The zero-order chi connectivity index (χ0) is 14.9. The van der Waals surface area contributed by atoms with Gasteiger partial charge in [0.05, 0.1) is 6.54 Å². The lowest BCUT2D eigenvalue weighted by atomic mass is 10.1. The summed E-state index contributed by atoms with van der Waals surface area (Å²) >= 11 is 0. The Balaban J connectivity index is 1.76. The number of carbonyl (C=O) groups excluding carboxylic acids is 1. The first-order valence-corrected chi connectivity index (χ1v) is 7.41. The molecule has 3 nitrogen and oxygen atoms in total. The third kappa shape index (κ3) is 2.02. The van der Waals surface area contributed by atoms with Gasteiger partial charge >= 0.3 is 0 Å². The van der Waals surface area contributed by atoms with Crippen LogP contribution in [0.15, 0.2) is 79.1 Å². The average molecular weight is 288 g/mol. The summed E-state index contributed by atoms with van der Waals surface area (Å²) in [5, 5.41) is 0. The number of para-hydroxylation sites is 1. The topological polar surface area (TPSA) is 25.2 Å². The van der Waals surface area contributed by atoms with Crippen molar-refractivity contribution in [1.29, 1.82) is 0 Å². The second-order valence-electron chi connectivity index (χ2n) is 5.50. The number of aromatic nitrogens is 1. The van der Waals surface area contributed by atoms with E-state index in [0.29, 0.717) is 6.54 Å². The predicted octanol–water partition coefficient (Wildman–Crippen LogP) is 3.62. The Kier molecular flexibility index (Phi) is 3.04. The van der Waals surface area contributed by atoms with E-state index in [4.69, 9.17) is 0 Å². The van der Waals surface area contributed by atoms with E-state index in [1.54, 1.807) is 0 Å². The normalized spacial score (nSPS) is 16.8. The molecule has 4 rings (SSSR count). The van der Waals surface area contributed by atoms with E-state index in [1.165, 1.54) is 0 Å². The number of fused-ring (bicyclic) bond motifs is 1. The molecule has 0 spiro atoms. The molecule has 0 saturated carbocycles. The fourth-order valence-corrected chi connectivity index (χ4v) is 3.10. The summed E-state index contributed by atoms with van der Waals surface area (Å²) in [6, 6.07) is 21.8. The molecule has 1 aliphatic rings. The van der Waals surface area contributed by atoms with Gasteiger partial charge in [-0.2, -0.15) is 0 Å². The van der Waals surface area contributed by atoms with E-state index in [9.17, 15) is 4.79 Å². The van der Waals surface area contributed by atoms with Crippen LogP contribution in [0.3, 0.4) is 0 Å². The summed E-state index contributed by atoms with van der Waals surface area (Å²) in [6.07, 6.45) is 3.90. The molecule has 0 radical (unpaired) electrons. The smallest absolute Gasteiger partial charge is 0.255 e. The lowest BCUT2D eigenvalue weighted by Crippen LogP contribution is -2.30. The standard InChI is InChI=1S/C19H16N2O/c22-19-18(20-12-6-7-13-20)16-10-4-5-11-17(16)21(19)14-15-8-2-1-3-9-15/h1-13,18H,14H2. The number of hydrogen-bond acceptors (Lipinski definition) is 1. The van der Waals surface area contributed by atoms with E-state index in [-0.39, 0.29) is 11.9 Å². The largest absolute Gasteiger partial charge is 0.338 e. The van der Waals surface area contributed by atoms with Gasteiger partial charge in [0.15, 0.2) is 0 Å². The molecule has 1 aliphatic heterocycles. The van der Waals surface area contributed by atoms with Crippen LogP contribution in [-0.4, -0.2) is 10.5 Å². The van der Waals surface area contributed by atoms with Gasteiger partial charge in [-0.15, -0.1) is 0 Å². The van der Waals surface area contributed by atoms with Gasteiger partial charge in [-0.3, -0.25) is 4.79 Å². The minimum atomic E-state index is -0.255. The molecule has 0 aliphatic carbocycles. The first-order chi connectivity index (χ1) is 10.8. The molecular weight excluding hydrogens is 272 g/mol. The van der Waals surface area contributed by atoms with Gasteiger partial charge in [-0.1, -0.05) is 48.5 Å². The highest BCUT2D eigenvalue weighted by atomic mass is 16.2. The monoisotopic (exact) mass is 288 g/mol. The lowest BCUT2D eigenvalue weighted by molar-refractivity contribution is -0.120. The molecule has 1 unspecified atom stereocenters. The fraction of sp³-hybridized carbons (Fsp3) is 0.105. The van der Waals surface area contributed by atoms with Crippen LogP contribution in [0.5, 0.6) is 0 Å². The maximum atomic E-state index is 13.0. The molecule has 1 amide bonds. The Labute approximate surface area is 129 Å². The molecule has 0 fully saturated rings. The molecule has 108 valence electrons. The van der Waals surface area contributed by atoms with Crippen molar-refractivity contribution in [3.05, 3.63) is 90.3 Å². The van der Waals surface area contributed by atoms with Gasteiger partial charge in [0, 0.05) is 23.6 Å². The quantitative estimate of drug-likeness (QED) is 0.722. The molecule has 0 N–H and O–H groups in total. The highest BCUT2D eigenvalue weighted by Crippen LogP contribution is 2.38. The van der Waals surface area contributed by atoms with Gasteiger partial charge < -0.3 is 9.47 Å². The summed E-state index contributed by atoms with van der Waals surface area (Å²) in [6.45, 7) is 0.606. The molecule has 2 heterocycles. The Bertz CT molecular complexity index is 793. The van der Waals surface area contributed by atoms with Crippen LogP contribution in [0.4, 0.5) is 5.69 Å². The maximum Gasteiger partial charge on any atom is 0.255 e. The number of carbonyl (C=O) groups is 1. The zero-order valence-electron chi connectivity index (χ0n) is 12.1. The highest BCUT2D eigenvalue weighted by molar-refractivity contribution is 6.04. The minimum Gasteiger partial charge on any atom is -0.338 e. The number of amides is 1. The molecule has 0 bridgehead atoms. The van der Waals surface area contributed by atoms with Crippen molar-refractivity contribution in [3.63, 3.8) is 0 Å². The van der Waals surface area contributed by atoms with Crippen LogP contribution in [0.1, 0.15) is 17.2 Å². The van der Waals surface area contributed by atoms with Crippen LogP contribution in [0.25, 0.3) is 0 Å². The average Bonchev–Trinajstić information content (AvgIpc) is 3.16. The van der Waals surface area contributed by atoms with E-state index >= 15 is 0 Å². The van der Waals surface area contributed by atoms with E-state index < -0.39 is 0 Å². The fourth-order valence-electron chi connectivity index (χ4n) is 3.10. The van der Waals surface area contributed by atoms with Crippen molar-refractivity contribution in [3.8, 4) is 0 Å².